The molecule has 2 aromatic carbocycles. The van der Waals surface area contributed by atoms with Gasteiger partial charge in [-0.25, -0.2) is 0 Å². The Morgan fingerprint density at radius 2 is 1.83 bits per heavy atom. The molecule has 0 amide bonds. The highest BCUT2D eigenvalue weighted by atomic mass is 35.5. The van der Waals surface area contributed by atoms with Gasteiger partial charge in [0.25, 0.3) is 0 Å². The molecule has 3 heteroatoms. The molecule has 1 aliphatic rings. The largest absolute Gasteiger partial charge is 0.399 e. The maximum Gasteiger partial charge on any atom is 0.115 e. The van der Waals surface area contributed by atoms with E-state index >= 15 is 0 Å². The fourth-order valence-electron chi connectivity index (χ4n) is 2.70. The molecule has 0 aromatic heterocycles. The third-order valence-corrected chi connectivity index (χ3v) is 3.90. The van der Waals surface area contributed by atoms with Crippen LogP contribution < -0.4 is 5.73 Å². The molecule has 2 nitrogen and oxygen atoms in total. The minimum absolute atomic E-state index is 0.679. The van der Waals surface area contributed by atoms with E-state index in [1.54, 1.807) is 0 Å². The highest BCUT2D eigenvalue weighted by molar-refractivity contribution is 6.30. The number of aliphatic hydroxyl groups is 1. The van der Waals surface area contributed by atoms with Crippen molar-refractivity contribution in [2.75, 3.05) is 5.73 Å². The summed E-state index contributed by atoms with van der Waals surface area (Å²) in [7, 11) is 0. The van der Waals surface area contributed by atoms with Crippen LogP contribution in [0.25, 0.3) is 0 Å². The lowest BCUT2D eigenvalue weighted by Crippen LogP contribution is -2.23. The first kappa shape index (κ1) is 11.6. The van der Waals surface area contributed by atoms with Crippen LogP contribution in [0.2, 0.25) is 5.02 Å². The normalized spacial score (nSPS) is 21.9. The third-order valence-electron chi connectivity index (χ3n) is 3.65. The van der Waals surface area contributed by atoms with E-state index in [0.717, 1.165) is 28.8 Å². The molecule has 0 aliphatic heterocycles. The Morgan fingerprint density at radius 3 is 2.56 bits per heavy atom. The van der Waals surface area contributed by atoms with Crippen LogP contribution in [0.5, 0.6) is 0 Å². The van der Waals surface area contributed by atoms with Gasteiger partial charge in [-0.2, -0.15) is 0 Å². The van der Waals surface area contributed by atoms with Crippen LogP contribution in [0, 0.1) is 0 Å². The molecule has 3 N–H and O–H groups in total. The van der Waals surface area contributed by atoms with Crippen LogP contribution in [-0.2, 0) is 12.0 Å². The van der Waals surface area contributed by atoms with Crippen molar-refractivity contribution in [2.45, 2.75) is 18.4 Å². The van der Waals surface area contributed by atoms with Gasteiger partial charge >= 0.3 is 0 Å². The zero-order valence-corrected chi connectivity index (χ0v) is 10.6. The number of nitrogens with two attached hydrogens (primary N) is 1. The van der Waals surface area contributed by atoms with E-state index in [-0.39, 0.29) is 0 Å². The van der Waals surface area contributed by atoms with Crippen molar-refractivity contribution in [3.8, 4) is 0 Å². The lowest BCUT2D eigenvalue weighted by atomic mass is 9.88. The fraction of sp³-hybridized carbons (Fsp3) is 0.200. The summed E-state index contributed by atoms with van der Waals surface area (Å²) >= 11 is 5.89. The van der Waals surface area contributed by atoms with E-state index in [9.17, 15) is 5.11 Å². The van der Waals surface area contributed by atoms with Gasteiger partial charge in [-0.05, 0) is 53.8 Å². The number of anilines is 1. The van der Waals surface area contributed by atoms with Crippen LogP contribution in [0.15, 0.2) is 42.5 Å². The second kappa shape index (κ2) is 4.01. The van der Waals surface area contributed by atoms with Crippen LogP contribution in [0.4, 0.5) is 5.69 Å². The smallest absolute Gasteiger partial charge is 0.115 e. The van der Waals surface area contributed by atoms with Crippen molar-refractivity contribution in [1.29, 1.82) is 0 Å². The monoisotopic (exact) mass is 259 g/mol. The predicted octanol–water partition coefficient (Wildman–Crippen LogP) is 3.10. The van der Waals surface area contributed by atoms with Gasteiger partial charge in [-0.3, -0.25) is 0 Å². The Morgan fingerprint density at radius 1 is 1.11 bits per heavy atom. The number of fused-ring (bicyclic) bond motifs is 1. The van der Waals surface area contributed by atoms with Gasteiger partial charge < -0.3 is 10.8 Å². The first-order chi connectivity index (χ1) is 8.59. The molecule has 0 saturated carbocycles. The summed E-state index contributed by atoms with van der Waals surface area (Å²) in [5.41, 5.74) is 8.59. The number of halogens is 1. The Hall–Kier alpha value is -1.51. The van der Waals surface area contributed by atoms with Crippen molar-refractivity contribution < 1.29 is 5.11 Å². The maximum atomic E-state index is 10.9. The highest BCUT2D eigenvalue weighted by Crippen LogP contribution is 2.42. The number of nitrogen functional groups attached to an aromatic ring is 1. The molecule has 0 fully saturated rings. The topological polar surface area (TPSA) is 46.2 Å². The Labute approximate surface area is 111 Å². The van der Waals surface area contributed by atoms with E-state index in [4.69, 9.17) is 17.3 Å². The maximum absolute atomic E-state index is 10.9. The molecule has 1 unspecified atom stereocenters. The average molecular weight is 260 g/mol. The zero-order valence-electron chi connectivity index (χ0n) is 9.86. The first-order valence-electron chi connectivity index (χ1n) is 5.97. The van der Waals surface area contributed by atoms with Gasteiger partial charge in [0.2, 0.25) is 0 Å². The third kappa shape index (κ3) is 1.69. The summed E-state index contributed by atoms with van der Waals surface area (Å²) in [6, 6.07) is 13.1. The molecule has 0 heterocycles. The molecule has 0 bridgehead atoms. The van der Waals surface area contributed by atoms with Crippen LogP contribution in [0.1, 0.15) is 23.1 Å². The highest BCUT2D eigenvalue weighted by Gasteiger charge is 2.38. The Bertz CT molecular complexity index is 594. The molecule has 92 valence electrons. The Balaban J connectivity index is 2.11. The second-order valence-electron chi connectivity index (χ2n) is 4.78. The molecule has 0 saturated heterocycles. The summed E-state index contributed by atoms with van der Waals surface area (Å²) in [6.07, 6.45) is 1.53. The molecule has 1 atom stereocenters. The number of aryl methyl sites for hydroxylation is 1. The number of benzene rings is 2. The van der Waals surface area contributed by atoms with E-state index in [1.807, 2.05) is 42.5 Å². The minimum Gasteiger partial charge on any atom is -0.399 e. The number of rotatable bonds is 1. The van der Waals surface area contributed by atoms with Gasteiger partial charge in [0.05, 0.1) is 0 Å². The lowest BCUT2D eigenvalue weighted by Gasteiger charge is -2.24. The van der Waals surface area contributed by atoms with Gasteiger partial charge in [-0.15, -0.1) is 0 Å². The summed E-state index contributed by atoms with van der Waals surface area (Å²) in [5.74, 6) is 0. The van der Waals surface area contributed by atoms with Crippen molar-refractivity contribution in [2.24, 2.45) is 0 Å². The number of hydrogen-bond acceptors (Lipinski definition) is 2. The predicted molar refractivity (Wildman–Crippen MR) is 73.6 cm³/mol. The molecule has 3 rings (SSSR count). The van der Waals surface area contributed by atoms with E-state index in [1.165, 1.54) is 0 Å². The van der Waals surface area contributed by atoms with Crippen LogP contribution in [-0.4, -0.2) is 5.11 Å². The zero-order chi connectivity index (χ0) is 12.8. The van der Waals surface area contributed by atoms with Gasteiger partial charge in [0, 0.05) is 10.7 Å². The molecular formula is C15H14ClNO. The number of hydrogen-bond donors (Lipinski definition) is 2. The van der Waals surface area contributed by atoms with E-state index < -0.39 is 5.60 Å². The average Bonchev–Trinajstić information content (AvgIpc) is 2.68. The SMILES string of the molecule is Nc1ccc2c(c1)CCC2(O)c1ccc(Cl)cc1. The summed E-state index contributed by atoms with van der Waals surface area (Å²) in [5, 5.41) is 11.6. The lowest BCUT2D eigenvalue weighted by molar-refractivity contribution is 0.0829. The molecule has 0 radical (unpaired) electrons. The van der Waals surface area contributed by atoms with Gasteiger partial charge in [0.1, 0.15) is 5.60 Å². The van der Waals surface area contributed by atoms with Crippen molar-refractivity contribution >= 4 is 17.3 Å². The summed E-state index contributed by atoms with van der Waals surface area (Å²) < 4.78 is 0. The van der Waals surface area contributed by atoms with Crippen LogP contribution >= 0.6 is 11.6 Å². The van der Waals surface area contributed by atoms with Crippen molar-refractivity contribution in [1.82, 2.24) is 0 Å². The van der Waals surface area contributed by atoms with Crippen molar-refractivity contribution in [3.05, 3.63) is 64.2 Å². The van der Waals surface area contributed by atoms with E-state index in [0.29, 0.717) is 11.4 Å². The molecule has 1 aliphatic carbocycles. The summed E-state index contributed by atoms with van der Waals surface area (Å²) in [4.78, 5) is 0. The molecule has 0 spiro atoms. The standard InChI is InChI=1S/C15H14ClNO/c16-12-3-1-11(2-4-12)15(18)8-7-10-9-13(17)5-6-14(10)15/h1-6,9,18H,7-8,17H2. The minimum atomic E-state index is -0.909. The van der Waals surface area contributed by atoms with Crippen LogP contribution in [0.3, 0.4) is 0 Å². The fourth-order valence-corrected chi connectivity index (χ4v) is 2.83. The first-order valence-corrected chi connectivity index (χ1v) is 6.35. The summed E-state index contributed by atoms with van der Waals surface area (Å²) in [6.45, 7) is 0. The quantitative estimate of drug-likeness (QED) is 0.773. The van der Waals surface area contributed by atoms with Gasteiger partial charge in [-0.1, -0.05) is 29.8 Å². The second-order valence-corrected chi connectivity index (χ2v) is 5.22. The molecule has 18 heavy (non-hydrogen) atoms. The molecule has 2 aromatic rings. The van der Waals surface area contributed by atoms with E-state index in [2.05, 4.69) is 0 Å². The Kier molecular flexibility index (Phi) is 2.58. The molecular weight excluding hydrogens is 246 g/mol. The van der Waals surface area contributed by atoms with Gasteiger partial charge in [0.15, 0.2) is 0 Å². The van der Waals surface area contributed by atoms with Crippen molar-refractivity contribution in [3.63, 3.8) is 0 Å².